The minimum absolute atomic E-state index is 0.0375. The van der Waals surface area contributed by atoms with Gasteiger partial charge in [0.05, 0.1) is 5.75 Å². The predicted octanol–water partition coefficient (Wildman–Crippen LogP) is 9.97. The van der Waals surface area contributed by atoms with Crippen LogP contribution in [0.4, 0.5) is 14.4 Å². The van der Waals surface area contributed by atoms with E-state index in [-0.39, 0.29) is 37.7 Å². The second kappa shape index (κ2) is 16.4. The van der Waals surface area contributed by atoms with Crippen molar-refractivity contribution in [3.63, 3.8) is 0 Å². The first-order chi connectivity index (χ1) is 23.5. The van der Waals surface area contributed by atoms with Crippen molar-refractivity contribution in [2.24, 2.45) is 0 Å². The van der Waals surface area contributed by atoms with E-state index < -0.39 is 55.7 Å². The summed E-state index contributed by atoms with van der Waals surface area (Å²) in [5, 5.41) is 0. The Balaban J connectivity index is 2.34. The number of hydrogen-bond donors (Lipinski definition) is 0. The molecule has 280 valence electrons. The van der Waals surface area contributed by atoms with E-state index in [0.29, 0.717) is 12.8 Å². The van der Waals surface area contributed by atoms with Crippen LogP contribution in [0.15, 0.2) is 87.5 Å². The normalized spacial score (nSPS) is 12.7. The molecule has 0 aromatic heterocycles. The van der Waals surface area contributed by atoms with Gasteiger partial charge in [-0.3, -0.25) is 0 Å². The number of ether oxygens (including phenoxy) is 6. The fourth-order valence-electron chi connectivity index (χ4n) is 4.29. The lowest BCUT2D eigenvalue weighted by atomic mass is 10.2. The van der Waals surface area contributed by atoms with Crippen LogP contribution in [0.1, 0.15) is 82.1 Å². The summed E-state index contributed by atoms with van der Waals surface area (Å²) in [7, 11) is -7.67. The van der Waals surface area contributed by atoms with Gasteiger partial charge in [0.1, 0.15) is 34.1 Å². The van der Waals surface area contributed by atoms with E-state index >= 15 is 0 Å². The lowest BCUT2D eigenvalue weighted by Gasteiger charge is -2.39. The first kappa shape index (κ1) is 41.2. The van der Waals surface area contributed by atoms with E-state index in [1.165, 1.54) is 36.4 Å². The molecule has 0 unspecified atom stereocenters. The van der Waals surface area contributed by atoms with Gasteiger partial charge >= 0.3 is 18.5 Å². The molecular weight excluding hydrogens is 701 g/mol. The smallest absolute Gasteiger partial charge is 0.428 e. The van der Waals surface area contributed by atoms with Crippen LogP contribution in [-0.4, -0.2) is 49.4 Å². The molecule has 0 amide bonds. The van der Waals surface area contributed by atoms with Crippen LogP contribution in [0.2, 0.25) is 0 Å². The van der Waals surface area contributed by atoms with Crippen LogP contribution in [0.3, 0.4) is 0 Å². The highest BCUT2D eigenvalue weighted by Gasteiger charge is 2.39. The summed E-state index contributed by atoms with van der Waals surface area (Å²) in [5.74, 6) is -0.198. The average molecular weight is 749 g/mol. The van der Waals surface area contributed by atoms with Gasteiger partial charge in [-0.15, -0.1) is 0 Å². The molecule has 0 aliphatic heterocycles. The lowest BCUT2D eigenvalue weighted by Crippen LogP contribution is -2.26. The van der Waals surface area contributed by atoms with E-state index in [9.17, 15) is 22.8 Å². The Labute approximate surface area is 302 Å². The Kier molecular flexibility index (Phi) is 13.2. The van der Waals surface area contributed by atoms with Gasteiger partial charge in [0.2, 0.25) is 0 Å². The van der Waals surface area contributed by atoms with Crippen molar-refractivity contribution in [1.82, 2.24) is 0 Å². The van der Waals surface area contributed by atoms with Crippen LogP contribution in [-0.2, 0) is 28.0 Å². The molecule has 0 atom stereocenters. The molecule has 51 heavy (non-hydrogen) atoms. The van der Waals surface area contributed by atoms with Crippen LogP contribution >= 0.6 is 10.3 Å². The maximum absolute atomic E-state index is 13.9. The number of unbranched alkanes of at least 4 members (excludes halogenated alkanes) is 1. The predicted molar refractivity (Wildman–Crippen MR) is 192 cm³/mol. The third-order valence-corrected chi connectivity index (χ3v) is 11.3. The second-order valence-corrected chi connectivity index (χ2v) is 19.0. The Bertz CT molecular complexity index is 1620. The molecule has 0 aliphatic carbocycles. The molecule has 12 nitrogen and oxygen atoms in total. The van der Waals surface area contributed by atoms with Gasteiger partial charge < -0.3 is 28.4 Å². The fraction of sp³-hybridized carbons (Fsp3) is 0.432. The van der Waals surface area contributed by atoms with E-state index in [0.717, 1.165) is 0 Å². The molecule has 0 fully saturated rings. The largest absolute Gasteiger partial charge is 0.514 e. The highest BCUT2D eigenvalue weighted by atomic mass is 32.3. The maximum Gasteiger partial charge on any atom is 0.514 e. The third-order valence-electron chi connectivity index (χ3n) is 6.14. The molecule has 0 bridgehead atoms. The van der Waals surface area contributed by atoms with Crippen molar-refractivity contribution >= 4 is 38.9 Å². The van der Waals surface area contributed by atoms with Gasteiger partial charge in [-0.2, -0.15) is 8.42 Å². The number of benzene rings is 3. The minimum Gasteiger partial charge on any atom is -0.428 e. The van der Waals surface area contributed by atoms with E-state index in [1.54, 1.807) is 98.7 Å². The molecule has 0 saturated carbocycles. The summed E-state index contributed by atoms with van der Waals surface area (Å²) in [4.78, 5) is 38.9. The van der Waals surface area contributed by atoms with Crippen molar-refractivity contribution in [1.29, 1.82) is 0 Å². The topological polar surface area (TPSA) is 150 Å². The zero-order valence-corrected chi connectivity index (χ0v) is 32.4. The van der Waals surface area contributed by atoms with Gasteiger partial charge in [0.15, 0.2) is 0 Å². The summed E-state index contributed by atoms with van der Waals surface area (Å²) >= 11 is 0. The monoisotopic (exact) mass is 748 g/mol. The Hall–Kier alpha value is -4.27. The molecule has 0 spiro atoms. The molecule has 3 rings (SSSR count). The van der Waals surface area contributed by atoms with Crippen molar-refractivity contribution in [3.8, 4) is 17.2 Å². The van der Waals surface area contributed by atoms with Crippen LogP contribution in [0.5, 0.6) is 17.2 Å². The van der Waals surface area contributed by atoms with Gasteiger partial charge in [-0.1, -0.05) is 31.5 Å². The first-order valence-electron chi connectivity index (χ1n) is 16.3. The Morgan fingerprint density at radius 1 is 0.549 bits per heavy atom. The zero-order chi connectivity index (χ0) is 38.3. The number of rotatable bonds is 11. The summed E-state index contributed by atoms with van der Waals surface area (Å²) in [6.07, 6.45) is -2.04. The van der Waals surface area contributed by atoms with Crippen molar-refractivity contribution in [2.75, 3.05) is 5.75 Å². The van der Waals surface area contributed by atoms with Crippen LogP contribution in [0, 0.1) is 0 Å². The SMILES string of the molecule is CCCCS(=O)(=O)OS(c1cccc(OC(=O)OC(C)(C)C)c1)(c1cccc(OC(=O)OC(C)(C)C)c1)c1cccc(OC(=O)OC(C)(C)C)c1. The minimum atomic E-state index is -4.29. The fourth-order valence-corrected chi connectivity index (χ4v) is 9.86. The average Bonchev–Trinajstić information content (AvgIpc) is 2.96. The van der Waals surface area contributed by atoms with Crippen molar-refractivity contribution in [3.05, 3.63) is 72.8 Å². The van der Waals surface area contributed by atoms with Crippen LogP contribution < -0.4 is 14.2 Å². The van der Waals surface area contributed by atoms with E-state index in [1.807, 2.05) is 6.92 Å². The van der Waals surface area contributed by atoms with Crippen LogP contribution in [0.25, 0.3) is 0 Å². The van der Waals surface area contributed by atoms with Crippen molar-refractivity contribution in [2.45, 2.75) is 114 Å². The maximum atomic E-state index is 13.9. The molecule has 3 aromatic rings. The van der Waals surface area contributed by atoms with Gasteiger partial charge in [-0.05, 0) is 134 Å². The van der Waals surface area contributed by atoms with Gasteiger partial charge in [0.25, 0.3) is 10.1 Å². The number of hydrogen-bond acceptors (Lipinski definition) is 12. The number of carbonyl (C=O) groups is 3. The van der Waals surface area contributed by atoms with Gasteiger partial charge in [-0.25, -0.2) is 18.0 Å². The molecule has 0 N–H and O–H groups in total. The molecule has 3 aromatic carbocycles. The summed E-state index contributed by atoms with van der Waals surface area (Å²) in [6, 6.07) is 18.5. The highest BCUT2D eigenvalue weighted by molar-refractivity contribution is 8.33. The summed E-state index contributed by atoms with van der Waals surface area (Å²) in [5.41, 5.74) is -2.53. The molecule has 0 heterocycles. The Morgan fingerprint density at radius 2 is 0.863 bits per heavy atom. The van der Waals surface area contributed by atoms with Gasteiger partial charge in [0, 0.05) is 14.7 Å². The molecular formula is C37H48O12S2. The lowest BCUT2D eigenvalue weighted by molar-refractivity contribution is 0.0192. The third kappa shape index (κ3) is 13.1. The molecule has 0 radical (unpaired) electrons. The molecule has 0 aliphatic rings. The standard InChI is InChI=1S/C37H48O12S2/c1-11-12-22-50(41,42)49-51(29-19-13-16-26(23-29)43-32(38)46-35(2,3)4,30-20-14-17-27(24-30)44-33(39)47-36(5,6)7)31-21-15-18-28(25-31)45-34(40)48-37(8,9)10/h13-21,23-25H,11-12,22H2,1-10H3. The Morgan fingerprint density at radius 3 is 1.14 bits per heavy atom. The quantitative estimate of drug-likeness (QED) is 0.104. The van der Waals surface area contributed by atoms with Crippen molar-refractivity contribution < 1.29 is 54.9 Å². The molecule has 0 saturated heterocycles. The number of carbonyl (C=O) groups excluding carboxylic acids is 3. The zero-order valence-electron chi connectivity index (χ0n) is 30.8. The highest BCUT2D eigenvalue weighted by Crippen LogP contribution is 2.71. The van der Waals surface area contributed by atoms with E-state index in [2.05, 4.69) is 0 Å². The summed E-state index contributed by atoms with van der Waals surface area (Å²) < 4.78 is 66.6. The van der Waals surface area contributed by atoms with E-state index in [4.69, 9.17) is 32.1 Å². The summed E-state index contributed by atoms with van der Waals surface area (Å²) in [6.45, 7) is 17.0. The molecule has 14 heteroatoms. The second-order valence-electron chi connectivity index (χ2n) is 14.4. The first-order valence-corrected chi connectivity index (χ1v) is 19.4.